The van der Waals surface area contributed by atoms with Gasteiger partial charge in [0.2, 0.25) is 0 Å². The summed E-state index contributed by atoms with van der Waals surface area (Å²) >= 11 is 0. The minimum atomic E-state index is 0.698. The molecule has 0 aliphatic heterocycles. The van der Waals surface area contributed by atoms with Gasteiger partial charge in [0.25, 0.3) is 0 Å². The lowest BCUT2D eigenvalue weighted by Crippen LogP contribution is -2.35. The first-order valence-corrected chi connectivity index (χ1v) is 8.41. The lowest BCUT2D eigenvalue weighted by Gasteiger charge is -2.22. The molecule has 3 heteroatoms. The third-order valence-corrected chi connectivity index (χ3v) is 4.03. The number of hydrogen-bond acceptors (Lipinski definition) is 3. The van der Waals surface area contributed by atoms with Crippen LogP contribution in [0.3, 0.4) is 0 Å². The van der Waals surface area contributed by atoms with Crippen molar-refractivity contribution in [3.63, 3.8) is 0 Å². The van der Waals surface area contributed by atoms with Crippen molar-refractivity contribution in [1.82, 2.24) is 10.2 Å². The summed E-state index contributed by atoms with van der Waals surface area (Å²) in [5, 5.41) is 3.52. The number of nitrogens with zero attached hydrogens (tertiary/aromatic N) is 1. The first-order chi connectivity index (χ1) is 11.2. The van der Waals surface area contributed by atoms with Crippen molar-refractivity contribution in [3.05, 3.63) is 70.8 Å². The Kier molecular flexibility index (Phi) is 7.27. The molecule has 0 fully saturated rings. The zero-order valence-corrected chi connectivity index (χ0v) is 14.4. The average molecular weight is 311 g/mol. The Morgan fingerprint density at radius 3 is 1.96 bits per heavy atom. The molecule has 0 amide bonds. The first kappa shape index (κ1) is 17.7. The molecular weight excluding hydrogens is 282 g/mol. The molecule has 0 aliphatic rings. The topological polar surface area (TPSA) is 41.3 Å². The summed E-state index contributed by atoms with van der Waals surface area (Å²) < 4.78 is 0. The maximum Gasteiger partial charge on any atom is 0.0234 e. The van der Waals surface area contributed by atoms with Gasteiger partial charge in [-0.3, -0.25) is 4.90 Å². The summed E-state index contributed by atoms with van der Waals surface area (Å²) in [6, 6.07) is 17.5. The Balaban J connectivity index is 1.75. The molecule has 2 aromatic carbocycles. The van der Waals surface area contributed by atoms with E-state index >= 15 is 0 Å². The molecule has 3 N–H and O–H groups in total. The number of hydrogen-bond donors (Lipinski definition) is 2. The van der Waals surface area contributed by atoms with Gasteiger partial charge in [-0.25, -0.2) is 0 Å². The van der Waals surface area contributed by atoms with E-state index in [0.717, 1.165) is 32.7 Å². The van der Waals surface area contributed by atoms with E-state index in [1.807, 2.05) is 0 Å². The van der Waals surface area contributed by atoms with E-state index < -0.39 is 0 Å². The first-order valence-electron chi connectivity index (χ1n) is 8.41. The van der Waals surface area contributed by atoms with Gasteiger partial charge in [-0.15, -0.1) is 0 Å². The lowest BCUT2D eigenvalue weighted by molar-refractivity contribution is 0.272. The minimum absolute atomic E-state index is 0.698. The third kappa shape index (κ3) is 6.53. The van der Waals surface area contributed by atoms with Crippen LogP contribution in [0.25, 0.3) is 0 Å². The molecule has 0 heterocycles. The van der Waals surface area contributed by atoms with Crippen molar-refractivity contribution in [1.29, 1.82) is 0 Å². The predicted molar refractivity (Wildman–Crippen MR) is 98.4 cm³/mol. The zero-order valence-electron chi connectivity index (χ0n) is 14.4. The van der Waals surface area contributed by atoms with Crippen molar-refractivity contribution in [2.45, 2.75) is 26.9 Å². The molecule has 0 aliphatic carbocycles. The monoisotopic (exact) mass is 311 g/mol. The minimum Gasteiger partial charge on any atom is -0.329 e. The van der Waals surface area contributed by atoms with Gasteiger partial charge in [0.05, 0.1) is 0 Å². The van der Waals surface area contributed by atoms with Gasteiger partial charge in [0, 0.05) is 39.3 Å². The number of aryl methyl sites for hydroxylation is 2. The standard InChI is InChI=1S/C20H29N3/c1-17-3-7-19(8-4-17)15-22-12-14-23(13-11-21)16-20-9-5-18(2)6-10-20/h3-10,22H,11-16,21H2,1-2H3. The van der Waals surface area contributed by atoms with Crippen LogP contribution in [-0.4, -0.2) is 31.1 Å². The fourth-order valence-corrected chi connectivity index (χ4v) is 2.58. The average Bonchev–Trinajstić information content (AvgIpc) is 2.55. The quantitative estimate of drug-likeness (QED) is 0.700. The molecule has 23 heavy (non-hydrogen) atoms. The van der Waals surface area contributed by atoms with Gasteiger partial charge < -0.3 is 11.1 Å². The lowest BCUT2D eigenvalue weighted by atomic mass is 10.1. The van der Waals surface area contributed by atoms with Gasteiger partial charge in [-0.2, -0.15) is 0 Å². The van der Waals surface area contributed by atoms with E-state index in [-0.39, 0.29) is 0 Å². The second-order valence-corrected chi connectivity index (χ2v) is 6.21. The maximum absolute atomic E-state index is 5.75. The molecule has 0 atom stereocenters. The van der Waals surface area contributed by atoms with Crippen molar-refractivity contribution in [2.75, 3.05) is 26.2 Å². The van der Waals surface area contributed by atoms with E-state index in [1.54, 1.807) is 0 Å². The van der Waals surface area contributed by atoms with E-state index in [9.17, 15) is 0 Å². The van der Waals surface area contributed by atoms with Crippen LogP contribution in [-0.2, 0) is 13.1 Å². The molecule has 3 nitrogen and oxygen atoms in total. The highest BCUT2D eigenvalue weighted by atomic mass is 15.1. The van der Waals surface area contributed by atoms with Crippen molar-refractivity contribution < 1.29 is 0 Å². The Morgan fingerprint density at radius 2 is 1.39 bits per heavy atom. The van der Waals surface area contributed by atoms with Crippen LogP contribution in [0.4, 0.5) is 0 Å². The normalized spacial score (nSPS) is 11.1. The number of nitrogens with two attached hydrogens (primary N) is 1. The highest BCUT2D eigenvalue weighted by Crippen LogP contribution is 2.07. The summed E-state index contributed by atoms with van der Waals surface area (Å²) in [5.41, 5.74) is 11.0. The summed E-state index contributed by atoms with van der Waals surface area (Å²) in [4.78, 5) is 2.41. The van der Waals surface area contributed by atoms with E-state index in [0.29, 0.717) is 6.54 Å². The fourth-order valence-electron chi connectivity index (χ4n) is 2.58. The second-order valence-electron chi connectivity index (χ2n) is 6.21. The van der Waals surface area contributed by atoms with Crippen molar-refractivity contribution >= 4 is 0 Å². The van der Waals surface area contributed by atoms with Crippen molar-refractivity contribution in [3.8, 4) is 0 Å². The number of benzene rings is 2. The SMILES string of the molecule is Cc1ccc(CNCCN(CCN)Cc2ccc(C)cc2)cc1. The number of rotatable bonds is 9. The van der Waals surface area contributed by atoms with E-state index in [4.69, 9.17) is 5.73 Å². The molecule has 0 unspecified atom stereocenters. The molecule has 0 saturated carbocycles. The third-order valence-electron chi connectivity index (χ3n) is 4.03. The van der Waals surface area contributed by atoms with Crippen LogP contribution in [0.1, 0.15) is 22.3 Å². The second kappa shape index (κ2) is 9.46. The molecule has 124 valence electrons. The molecule has 0 aromatic heterocycles. The maximum atomic E-state index is 5.75. The van der Waals surface area contributed by atoms with E-state index in [1.165, 1.54) is 22.3 Å². The molecule has 2 rings (SSSR count). The molecule has 2 aromatic rings. The molecule has 0 saturated heterocycles. The summed E-state index contributed by atoms with van der Waals surface area (Å²) in [6.45, 7) is 9.73. The van der Waals surface area contributed by atoms with Gasteiger partial charge in [-0.05, 0) is 25.0 Å². The summed E-state index contributed by atoms with van der Waals surface area (Å²) in [6.07, 6.45) is 0. The van der Waals surface area contributed by atoms with Crippen LogP contribution < -0.4 is 11.1 Å². The van der Waals surface area contributed by atoms with E-state index in [2.05, 4.69) is 72.6 Å². The van der Waals surface area contributed by atoms with Gasteiger partial charge in [0.1, 0.15) is 0 Å². The summed E-state index contributed by atoms with van der Waals surface area (Å²) in [7, 11) is 0. The summed E-state index contributed by atoms with van der Waals surface area (Å²) in [5.74, 6) is 0. The highest BCUT2D eigenvalue weighted by Gasteiger charge is 2.05. The van der Waals surface area contributed by atoms with Gasteiger partial charge in [0.15, 0.2) is 0 Å². The molecule has 0 radical (unpaired) electrons. The van der Waals surface area contributed by atoms with Crippen LogP contribution in [0.5, 0.6) is 0 Å². The van der Waals surface area contributed by atoms with Gasteiger partial charge >= 0.3 is 0 Å². The molecule has 0 spiro atoms. The Hall–Kier alpha value is -1.68. The molecule has 0 bridgehead atoms. The van der Waals surface area contributed by atoms with Gasteiger partial charge in [-0.1, -0.05) is 59.7 Å². The largest absolute Gasteiger partial charge is 0.329 e. The predicted octanol–water partition coefficient (Wildman–Crippen LogP) is 2.85. The fraction of sp³-hybridized carbons (Fsp3) is 0.400. The zero-order chi connectivity index (χ0) is 16.5. The Bertz CT molecular complexity index is 560. The smallest absolute Gasteiger partial charge is 0.0234 e. The Morgan fingerprint density at radius 1 is 0.826 bits per heavy atom. The molecular formula is C20H29N3. The number of nitrogens with one attached hydrogen (secondary N) is 1. The van der Waals surface area contributed by atoms with Crippen LogP contribution in [0.2, 0.25) is 0 Å². The Labute approximate surface area is 140 Å². The van der Waals surface area contributed by atoms with Crippen LogP contribution >= 0.6 is 0 Å². The van der Waals surface area contributed by atoms with Crippen molar-refractivity contribution in [2.24, 2.45) is 5.73 Å². The van der Waals surface area contributed by atoms with Crippen LogP contribution in [0, 0.1) is 13.8 Å². The highest BCUT2D eigenvalue weighted by molar-refractivity contribution is 5.22. The van der Waals surface area contributed by atoms with Crippen LogP contribution in [0.15, 0.2) is 48.5 Å².